The van der Waals surface area contributed by atoms with Gasteiger partial charge in [-0.05, 0) is 80.8 Å². The van der Waals surface area contributed by atoms with Crippen molar-refractivity contribution in [2.24, 2.45) is 5.41 Å². The summed E-state index contributed by atoms with van der Waals surface area (Å²) in [6, 6.07) is 16.0. The number of carbonyl (C=O) groups is 1. The van der Waals surface area contributed by atoms with E-state index in [-0.39, 0.29) is 18.7 Å². The molecule has 0 radical (unpaired) electrons. The summed E-state index contributed by atoms with van der Waals surface area (Å²) in [4.78, 5) is 13.7. The van der Waals surface area contributed by atoms with Crippen LogP contribution in [-0.2, 0) is 17.8 Å². The standard InChI is InChI=1S/C29H27F4NO3S/c1-17-5-6-18(2)25(13-17)38-26-22-14-21(37-29(31,32)33)11-12-23(22)34(16-19-7-9-20(30)10-8-19)24(26)15-28(3,4)27(35)36/h5-14H,15-16H2,1-4H3,(H,35,36). The second-order valence-electron chi connectivity index (χ2n) is 9.95. The summed E-state index contributed by atoms with van der Waals surface area (Å²) in [5, 5.41) is 10.4. The molecule has 9 heteroatoms. The number of rotatable bonds is 8. The van der Waals surface area contributed by atoms with E-state index < -0.39 is 23.6 Å². The Morgan fingerprint density at radius 3 is 2.32 bits per heavy atom. The number of carboxylic acid groups (broad SMARTS) is 1. The fourth-order valence-corrected chi connectivity index (χ4v) is 5.48. The van der Waals surface area contributed by atoms with Crippen molar-refractivity contribution in [1.29, 1.82) is 0 Å². The van der Waals surface area contributed by atoms with Gasteiger partial charge in [0.05, 0.1) is 5.41 Å². The number of alkyl halides is 3. The number of aromatic nitrogens is 1. The minimum atomic E-state index is -4.86. The summed E-state index contributed by atoms with van der Waals surface area (Å²) in [6.07, 6.45) is -4.75. The lowest BCUT2D eigenvalue weighted by atomic mass is 9.88. The van der Waals surface area contributed by atoms with E-state index in [1.165, 1.54) is 36.0 Å². The van der Waals surface area contributed by atoms with Gasteiger partial charge in [0.15, 0.2) is 0 Å². The van der Waals surface area contributed by atoms with E-state index >= 15 is 0 Å². The number of hydrogen-bond donors (Lipinski definition) is 1. The zero-order valence-corrected chi connectivity index (χ0v) is 22.1. The van der Waals surface area contributed by atoms with Gasteiger partial charge in [0.25, 0.3) is 0 Å². The molecule has 0 aliphatic rings. The first-order valence-electron chi connectivity index (χ1n) is 11.9. The number of aliphatic carboxylic acids is 1. The van der Waals surface area contributed by atoms with Crippen LogP contribution in [0.5, 0.6) is 5.75 Å². The van der Waals surface area contributed by atoms with Crippen LogP contribution in [0.15, 0.2) is 70.5 Å². The molecule has 0 bridgehead atoms. The Kier molecular flexibility index (Phi) is 7.52. The molecular formula is C29H27F4NO3S. The van der Waals surface area contributed by atoms with Gasteiger partial charge in [-0.1, -0.05) is 36.0 Å². The molecule has 4 aromatic rings. The van der Waals surface area contributed by atoms with Crippen LogP contribution < -0.4 is 4.74 Å². The van der Waals surface area contributed by atoms with Gasteiger partial charge in [0.1, 0.15) is 11.6 Å². The number of benzene rings is 3. The highest BCUT2D eigenvalue weighted by molar-refractivity contribution is 7.99. The van der Waals surface area contributed by atoms with E-state index in [1.807, 2.05) is 36.6 Å². The smallest absolute Gasteiger partial charge is 0.481 e. The minimum Gasteiger partial charge on any atom is -0.481 e. The SMILES string of the molecule is Cc1ccc(C)c(Sc2c(CC(C)(C)C(=O)O)n(Cc3ccc(F)cc3)c3ccc(OC(F)(F)F)cc23)c1. The molecule has 3 aromatic carbocycles. The zero-order chi connectivity index (χ0) is 27.8. The van der Waals surface area contributed by atoms with Gasteiger partial charge in [0.2, 0.25) is 0 Å². The molecule has 0 atom stereocenters. The summed E-state index contributed by atoms with van der Waals surface area (Å²) in [6.45, 7) is 7.39. The lowest BCUT2D eigenvalue weighted by Gasteiger charge is -2.22. The van der Waals surface area contributed by atoms with Gasteiger partial charge in [-0.15, -0.1) is 13.2 Å². The van der Waals surface area contributed by atoms with E-state index in [4.69, 9.17) is 0 Å². The first kappa shape index (κ1) is 27.6. The molecule has 4 rings (SSSR count). The predicted octanol–water partition coefficient (Wildman–Crippen LogP) is 8.15. The molecule has 0 unspecified atom stereocenters. The first-order chi connectivity index (χ1) is 17.7. The van der Waals surface area contributed by atoms with Crippen LogP contribution in [0.3, 0.4) is 0 Å². The fourth-order valence-electron chi connectivity index (χ4n) is 4.22. The molecule has 4 nitrogen and oxygen atoms in total. The van der Waals surface area contributed by atoms with Crippen LogP contribution in [0.2, 0.25) is 0 Å². The highest BCUT2D eigenvalue weighted by Crippen LogP contribution is 2.44. The van der Waals surface area contributed by atoms with Crippen molar-refractivity contribution in [3.8, 4) is 5.75 Å². The molecule has 0 fully saturated rings. The van der Waals surface area contributed by atoms with E-state index in [9.17, 15) is 27.5 Å². The van der Waals surface area contributed by atoms with Gasteiger partial charge in [-0.2, -0.15) is 0 Å². The van der Waals surface area contributed by atoms with Crippen molar-refractivity contribution in [1.82, 2.24) is 4.57 Å². The van der Waals surface area contributed by atoms with Gasteiger partial charge >= 0.3 is 12.3 Å². The van der Waals surface area contributed by atoms with Crippen molar-refractivity contribution in [2.75, 3.05) is 0 Å². The third kappa shape index (κ3) is 6.15. The maximum atomic E-state index is 13.6. The lowest BCUT2D eigenvalue weighted by Crippen LogP contribution is -2.27. The molecule has 0 aliphatic carbocycles. The lowest BCUT2D eigenvalue weighted by molar-refractivity contribution is -0.274. The summed E-state index contributed by atoms with van der Waals surface area (Å²) < 4.78 is 58.9. The monoisotopic (exact) mass is 545 g/mol. The van der Waals surface area contributed by atoms with Crippen molar-refractivity contribution in [2.45, 2.75) is 56.8 Å². The topological polar surface area (TPSA) is 51.5 Å². The van der Waals surface area contributed by atoms with Gasteiger partial charge in [-0.25, -0.2) is 4.39 Å². The molecule has 0 spiro atoms. The number of aryl methyl sites for hydroxylation is 2. The highest BCUT2D eigenvalue weighted by atomic mass is 32.2. The molecule has 38 heavy (non-hydrogen) atoms. The Bertz CT molecular complexity index is 1490. The third-order valence-corrected chi connectivity index (χ3v) is 7.64. The molecule has 0 saturated carbocycles. The number of halogens is 4. The summed E-state index contributed by atoms with van der Waals surface area (Å²) >= 11 is 1.39. The van der Waals surface area contributed by atoms with E-state index in [2.05, 4.69) is 4.74 Å². The van der Waals surface area contributed by atoms with E-state index in [1.54, 1.807) is 32.0 Å². The van der Waals surface area contributed by atoms with Crippen LogP contribution in [0.1, 0.15) is 36.2 Å². The fraction of sp³-hybridized carbons (Fsp3) is 0.276. The number of carboxylic acids is 1. The van der Waals surface area contributed by atoms with Crippen LogP contribution in [0.25, 0.3) is 10.9 Å². The second-order valence-corrected chi connectivity index (χ2v) is 11.0. The molecule has 0 aliphatic heterocycles. The number of ether oxygens (including phenoxy) is 1. The molecule has 200 valence electrons. The zero-order valence-electron chi connectivity index (χ0n) is 21.3. The Morgan fingerprint density at radius 2 is 1.68 bits per heavy atom. The van der Waals surface area contributed by atoms with Crippen LogP contribution in [-0.4, -0.2) is 22.0 Å². The Balaban J connectivity index is 1.99. The quantitative estimate of drug-likeness (QED) is 0.227. The minimum absolute atomic E-state index is 0.112. The number of hydrogen-bond acceptors (Lipinski definition) is 3. The maximum absolute atomic E-state index is 13.6. The molecule has 0 amide bonds. The first-order valence-corrected chi connectivity index (χ1v) is 12.7. The molecule has 1 heterocycles. The van der Waals surface area contributed by atoms with Gasteiger partial charge in [0, 0.05) is 39.4 Å². The summed E-state index contributed by atoms with van der Waals surface area (Å²) in [5.74, 6) is -1.76. The van der Waals surface area contributed by atoms with Crippen LogP contribution >= 0.6 is 11.8 Å². The van der Waals surface area contributed by atoms with E-state index in [0.29, 0.717) is 21.5 Å². The summed E-state index contributed by atoms with van der Waals surface area (Å²) in [7, 11) is 0. The average Bonchev–Trinajstić information content (AvgIpc) is 3.07. The van der Waals surface area contributed by atoms with Crippen molar-refractivity contribution in [3.63, 3.8) is 0 Å². The third-order valence-electron chi connectivity index (χ3n) is 6.32. The molecule has 0 saturated heterocycles. The molecular weight excluding hydrogens is 518 g/mol. The van der Waals surface area contributed by atoms with Crippen LogP contribution in [0.4, 0.5) is 17.6 Å². The normalized spacial score (nSPS) is 12.2. The van der Waals surface area contributed by atoms with Crippen LogP contribution in [0, 0.1) is 25.1 Å². The van der Waals surface area contributed by atoms with Gasteiger partial charge < -0.3 is 14.4 Å². The average molecular weight is 546 g/mol. The van der Waals surface area contributed by atoms with Gasteiger partial charge in [-0.3, -0.25) is 4.79 Å². The maximum Gasteiger partial charge on any atom is 0.573 e. The highest BCUT2D eigenvalue weighted by Gasteiger charge is 2.34. The summed E-state index contributed by atoms with van der Waals surface area (Å²) in [5.41, 5.74) is 2.86. The Hall–Kier alpha value is -3.46. The van der Waals surface area contributed by atoms with Crippen molar-refractivity contribution < 1.29 is 32.2 Å². The molecule has 1 N–H and O–H groups in total. The Morgan fingerprint density at radius 1 is 1.00 bits per heavy atom. The largest absolute Gasteiger partial charge is 0.573 e. The number of nitrogens with zero attached hydrogens (tertiary/aromatic N) is 1. The second kappa shape index (κ2) is 10.4. The van der Waals surface area contributed by atoms with Crippen molar-refractivity contribution in [3.05, 3.63) is 88.9 Å². The molecule has 1 aromatic heterocycles. The van der Waals surface area contributed by atoms with Crippen molar-refractivity contribution >= 4 is 28.6 Å². The predicted molar refractivity (Wildman–Crippen MR) is 139 cm³/mol. The number of fused-ring (bicyclic) bond motifs is 1. The Labute approximate surface area is 222 Å². The van der Waals surface area contributed by atoms with E-state index in [0.717, 1.165) is 21.6 Å².